The Kier molecular flexibility index (Phi) is 6.94. The first kappa shape index (κ1) is 18.1. The van der Waals surface area contributed by atoms with Gasteiger partial charge in [0.2, 0.25) is 5.75 Å². The van der Waals surface area contributed by atoms with Crippen LogP contribution in [0.5, 0.6) is 17.2 Å². The van der Waals surface area contributed by atoms with Gasteiger partial charge in [-0.25, -0.2) is 0 Å². The lowest BCUT2D eigenvalue weighted by Gasteiger charge is -2.17. The van der Waals surface area contributed by atoms with Gasteiger partial charge in [0.15, 0.2) is 11.5 Å². The van der Waals surface area contributed by atoms with Gasteiger partial charge in [-0.15, -0.1) is 0 Å². The van der Waals surface area contributed by atoms with Crippen molar-refractivity contribution >= 4 is 0 Å². The topological polar surface area (TPSA) is 30.9 Å². The van der Waals surface area contributed by atoms with Crippen molar-refractivity contribution < 1.29 is 14.2 Å². The van der Waals surface area contributed by atoms with E-state index in [0.29, 0.717) is 17.2 Å². The van der Waals surface area contributed by atoms with Gasteiger partial charge in [-0.1, -0.05) is 30.3 Å². The maximum atomic E-state index is 5.41. The molecule has 0 saturated carbocycles. The monoisotopic (exact) mass is 329 g/mol. The maximum Gasteiger partial charge on any atom is 0.203 e. The van der Waals surface area contributed by atoms with E-state index in [4.69, 9.17) is 14.2 Å². The van der Waals surface area contributed by atoms with E-state index in [9.17, 15) is 0 Å². The molecule has 0 aromatic heterocycles. The van der Waals surface area contributed by atoms with E-state index in [1.807, 2.05) is 18.2 Å². The van der Waals surface area contributed by atoms with Crippen molar-refractivity contribution in [2.24, 2.45) is 0 Å². The third kappa shape index (κ3) is 4.90. The fourth-order valence-corrected chi connectivity index (χ4v) is 2.81. The van der Waals surface area contributed by atoms with Crippen LogP contribution in [0.2, 0.25) is 0 Å². The zero-order valence-corrected chi connectivity index (χ0v) is 15.0. The van der Waals surface area contributed by atoms with E-state index in [1.54, 1.807) is 21.3 Å². The van der Waals surface area contributed by atoms with E-state index >= 15 is 0 Å². The van der Waals surface area contributed by atoms with E-state index in [1.165, 1.54) is 11.1 Å². The summed E-state index contributed by atoms with van der Waals surface area (Å²) in [6.07, 6.45) is 2.04. The molecule has 0 unspecified atom stereocenters. The number of rotatable bonds is 9. The van der Waals surface area contributed by atoms with E-state index < -0.39 is 0 Å². The average Bonchev–Trinajstić information content (AvgIpc) is 2.61. The van der Waals surface area contributed by atoms with Gasteiger partial charge in [0.1, 0.15) is 0 Å². The largest absolute Gasteiger partial charge is 0.493 e. The maximum absolute atomic E-state index is 5.41. The third-order valence-electron chi connectivity index (χ3n) is 4.03. The minimum Gasteiger partial charge on any atom is -0.493 e. The van der Waals surface area contributed by atoms with Crippen LogP contribution in [-0.2, 0) is 13.0 Å². The SMILES string of the molecule is COc1cc(CCCN(C)Cc2ccccc2)cc(OC)c1OC. The number of nitrogens with zero attached hydrogens (tertiary/aromatic N) is 1. The summed E-state index contributed by atoms with van der Waals surface area (Å²) in [4.78, 5) is 2.34. The van der Waals surface area contributed by atoms with Crippen LogP contribution in [0.3, 0.4) is 0 Å². The van der Waals surface area contributed by atoms with Gasteiger partial charge in [0, 0.05) is 6.54 Å². The summed E-state index contributed by atoms with van der Waals surface area (Å²) in [5.74, 6) is 2.07. The van der Waals surface area contributed by atoms with Crippen molar-refractivity contribution in [3.05, 3.63) is 53.6 Å². The van der Waals surface area contributed by atoms with Gasteiger partial charge in [0.25, 0.3) is 0 Å². The Bertz CT molecular complexity index is 603. The molecule has 0 amide bonds. The van der Waals surface area contributed by atoms with Crippen LogP contribution in [0.4, 0.5) is 0 Å². The number of aryl methyl sites for hydroxylation is 1. The predicted octanol–water partition coefficient (Wildman–Crippen LogP) is 3.78. The molecule has 2 rings (SSSR count). The third-order valence-corrected chi connectivity index (χ3v) is 4.03. The molecule has 130 valence electrons. The van der Waals surface area contributed by atoms with Gasteiger partial charge in [-0.05, 0) is 49.7 Å². The molecule has 0 spiro atoms. The summed E-state index contributed by atoms with van der Waals surface area (Å²) in [7, 11) is 7.07. The summed E-state index contributed by atoms with van der Waals surface area (Å²) >= 11 is 0. The number of methoxy groups -OCH3 is 3. The van der Waals surface area contributed by atoms with Crippen molar-refractivity contribution in [1.29, 1.82) is 0 Å². The Labute approximate surface area is 145 Å². The zero-order chi connectivity index (χ0) is 17.4. The lowest BCUT2D eigenvalue weighted by atomic mass is 10.1. The van der Waals surface area contributed by atoms with E-state index in [0.717, 1.165) is 25.9 Å². The second-order valence-corrected chi connectivity index (χ2v) is 5.86. The van der Waals surface area contributed by atoms with E-state index in [2.05, 4.69) is 36.2 Å². The first-order chi connectivity index (χ1) is 11.7. The fraction of sp³-hybridized carbons (Fsp3) is 0.400. The quantitative estimate of drug-likeness (QED) is 0.700. The number of hydrogen-bond donors (Lipinski definition) is 0. The molecule has 0 saturated heterocycles. The van der Waals surface area contributed by atoms with Crippen LogP contribution < -0.4 is 14.2 Å². The second kappa shape index (κ2) is 9.18. The molecule has 0 atom stereocenters. The number of benzene rings is 2. The first-order valence-corrected chi connectivity index (χ1v) is 8.19. The van der Waals surface area contributed by atoms with Gasteiger partial charge in [-0.2, -0.15) is 0 Å². The van der Waals surface area contributed by atoms with Crippen molar-refractivity contribution in [2.45, 2.75) is 19.4 Å². The molecule has 2 aromatic rings. The molecule has 4 nitrogen and oxygen atoms in total. The Morgan fingerprint density at radius 3 is 2.00 bits per heavy atom. The highest BCUT2D eigenvalue weighted by molar-refractivity contribution is 5.53. The molecule has 0 heterocycles. The van der Waals surface area contributed by atoms with Crippen LogP contribution >= 0.6 is 0 Å². The summed E-state index contributed by atoms with van der Waals surface area (Å²) in [5, 5.41) is 0. The normalized spacial score (nSPS) is 10.7. The molecule has 0 aliphatic carbocycles. The minimum atomic E-state index is 0.643. The van der Waals surface area contributed by atoms with Gasteiger partial charge in [-0.3, -0.25) is 0 Å². The van der Waals surface area contributed by atoms with Crippen LogP contribution in [0, 0.1) is 0 Å². The Hall–Kier alpha value is -2.20. The van der Waals surface area contributed by atoms with Crippen molar-refractivity contribution in [3.63, 3.8) is 0 Å². The first-order valence-electron chi connectivity index (χ1n) is 8.19. The van der Waals surface area contributed by atoms with Crippen LogP contribution in [0.15, 0.2) is 42.5 Å². The lowest BCUT2D eigenvalue weighted by molar-refractivity contribution is 0.319. The summed E-state index contributed by atoms with van der Waals surface area (Å²) < 4.78 is 16.2. The molecule has 0 N–H and O–H groups in total. The number of hydrogen-bond acceptors (Lipinski definition) is 4. The molecule has 2 aromatic carbocycles. The molecule has 24 heavy (non-hydrogen) atoms. The average molecular weight is 329 g/mol. The van der Waals surface area contributed by atoms with Crippen LogP contribution in [0.1, 0.15) is 17.5 Å². The van der Waals surface area contributed by atoms with Crippen LogP contribution in [0.25, 0.3) is 0 Å². The van der Waals surface area contributed by atoms with Crippen molar-refractivity contribution in [3.8, 4) is 17.2 Å². The molecular weight excluding hydrogens is 302 g/mol. The summed E-state index contributed by atoms with van der Waals surface area (Å²) in [6, 6.07) is 14.6. The molecule has 0 fully saturated rings. The minimum absolute atomic E-state index is 0.643. The summed E-state index contributed by atoms with van der Waals surface area (Å²) in [5.41, 5.74) is 2.53. The Balaban J connectivity index is 1.92. The standard InChI is InChI=1S/C20H27NO3/c1-21(15-16-9-6-5-7-10-16)12-8-11-17-13-18(22-2)20(24-4)19(14-17)23-3/h5-7,9-10,13-14H,8,11-12,15H2,1-4H3. The van der Waals surface area contributed by atoms with Crippen molar-refractivity contribution in [2.75, 3.05) is 34.9 Å². The van der Waals surface area contributed by atoms with Gasteiger partial charge < -0.3 is 19.1 Å². The van der Waals surface area contributed by atoms with Gasteiger partial charge in [0.05, 0.1) is 21.3 Å². The molecule has 0 bridgehead atoms. The van der Waals surface area contributed by atoms with E-state index in [-0.39, 0.29) is 0 Å². The zero-order valence-electron chi connectivity index (χ0n) is 15.0. The Morgan fingerprint density at radius 2 is 1.46 bits per heavy atom. The highest BCUT2D eigenvalue weighted by Crippen LogP contribution is 2.38. The highest BCUT2D eigenvalue weighted by Gasteiger charge is 2.13. The van der Waals surface area contributed by atoms with Crippen molar-refractivity contribution in [1.82, 2.24) is 4.90 Å². The number of ether oxygens (including phenoxy) is 3. The molecule has 4 heteroatoms. The lowest BCUT2D eigenvalue weighted by Crippen LogP contribution is -2.19. The van der Waals surface area contributed by atoms with Gasteiger partial charge >= 0.3 is 0 Å². The fourth-order valence-electron chi connectivity index (χ4n) is 2.81. The predicted molar refractivity (Wildman–Crippen MR) is 97.2 cm³/mol. The Morgan fingerprint density at radius 1 is 0.833 bits per heavy atom. The molecule has 0 radical (unpaired) electrons. The van der Waals surface area contributed by atoms with Crippen LogP contribution in [-0.4, -0.2) is 39.8 Å². The summed E-state index contributed by atoms with van der Waals surface area (Å²) in [6.45, 7) is 2.00. The molecule has 0 aliphatic heterocycles. The smallest absolute Gasteiger partial charge is 0.203 e. The molecule has 0 aliphatic rings. The molecular formula is C20H27NO3. The second-order valence-electron chi connectivity index (χ2n) is 5.86. The highest BCUT2D eigenvalue weighted by atomic mass is 16.5.